The molecule has 0 saturated carbocycles. The maximum atomic E-state index is 13.3. The number of amides is 3. The number of piperazine rings is 1. The standard InChI is InChI=1S/C27H34N4O7/c1-6-37-26(33)23-20(16-30-11-12-31(17(2)15-30)25(32)21-8-7-13-38-21)29(3)27(34)28-24(23)19-10-9-18(35-4)14-22(19)36-5/h7-10,13-14,17,24H,6,11-12,15-16H2,1-5H3,(H,28,34). The first-order chi connectivity index (χ1) is 18.3. The van der Waals surface area contributed by atoms with Crippen LogP contribution in [0.2, 0.25) is 0 Å². The van der Waals surface area contributed by atoms with Crippen molar-refractivity contribution in [2.75, 3.05) is 54.1 Å². The zero-order valence-corrected chi connectivity index (χ0v) is 22.4. The topological polar surface area (TPSA) is 114 Å². The largest absolute Gasteiger partial charge is 0.497 e. The Bertz CT molecular complexity index is 1210. The first-order valence-electron chi connectivity index (χ1n) is 12.5. The highest BCUT2D eigenvalue weighted by Gasteiger charge is 2.39. The number of esters is 1. The van der Waals surface area contributed by atoms with Gasteiger partial charge in [0.25, 0.3) is 5.91 Å². The number of methoxy groups -OCH3 is 2. The number of hydrogen-bond acceptors (Lipinski definition) is 8. The van der Waals surface area contributed by atoms with Crippen LogP contribution < -0.4 is 14.8 Å². The summed E-state index contributed by atoms with van der Waals surface area (Å²) in [5, 5.41) is 2.92. The lowest BCUT2D eigenvalue weighted by Gasteiger charge is -2.42. The fourth-order valence-electron chi connectivity index (χ4n) is 4.92. The molecule has 0 radical (unpaired) electrons. The highest BCUT2D eigenvalue weighted by Crippen LogP contribution is 2.37. The van der Waals surface area contributed by atoms with Gasteiger partial charge in [-0.3, -0.25) is 14.6 Å². The maximum absolute atomic E-state index is 13.3. The van der Waals surface area contributed by atoms with Crippen LogP contribution in [0.15, 0.2) is 52.3 Å². The summed E-state index contributed by atoms with van der Waals surface area (Å²) in [5.41, 5.74) is 1.48. The number of hydrogen-bond donors (Lipinski definition) is 1. The van der Waals surface area contributed by atoms with Gasteiger partial charge in [-0.05, 0) is 38.1 Å². The van der Waals surface area contributed by atoms with Gasteiger partial charge in [0.1, 0.15) is 11.5 Å². The number of furan rings is 1. The van der Waals surface area contributed by atoms with Crippen molar-refractivity contribution in [2.24, 2.45) is 0 Å². The van der Waals surface area contributed by atoms with Gasteiger partial charge >= 0.3 is 12.0 Å². The number of nitrogens with one attached hydrogen (secondary N) is 1. The number of urea groups is 1. The Morgan fingerprint density at radius 1 is 1.16 bits per heavy atom. The molecule has 0 spiro atoms. The van der Waals surface area contributed by atoms with Gasteiger partial charge in [-0.2, -0.15) is 0 Å². The molecule has 38 heavy (non-hydrogen) atoms. The van der Waals surface area contributed by atoms with E-state index in [1.54, 1.807) is 56.3 Å². The number of carbonyl (C=O) groups excluding carboxylic acids is 3. The Morgan fingerprint density at radius 2 is 1.95 bits per heavy atom. The van der Waals surface area contributed by atoms with E-state index in [0.717, 1.165) is 0 Å². The van der Waals surface area contributed by atoms with Gasteiger partial charge < -0.3 is 28.8 Å². The Labute approximate surface area is 221 Å². The van der Waals surface area contributed by atoms with Crippen LogP contribution in [-0.2, 0) is 9.53 Å². The second-order valence-electron chi connectivity index (χ2n) is 9.19. The van der Waals surface area contributed by atoms with E-state index in [1.165, 1.54) is 18.3 Å². The minimum Gasteiger partial charge on any atom is -0.497 e. The average Bonchev–Trinajstić information content (AvgIpc) is 3.46. The molecule has 3 amide bonds. The monoisotopic (exact) mass is 526 g/mol. The fourth-order valence-corrected chi connectivity index (χ4v) is 4.92. The molecule has 1 N–H and O–H groups in total. The molecule has 0 aliphatic carbocycles. The lowest BCUT2D eigenvalue weighted by Crippen LogP contribution is -2.56. The zero-order valence-electron chi connectivity index (χ0n) is 22.4. The highest BCUT2D eigenvalue weighted by molar-refractivity contribution is 5.95. The van der Waals surface area contributed by atoms with Crippen LogP contribution in [0.5, 0.6) is 11.5 Å². The summed E-state index contributed by atoms with van der Waals surface area (Å²) in [7, 11) is 4.71. The van der Waals surface area contributed by atoms with Gasteiger partial charge in [0.05, 0.1) is 38.7 Å². The quantitative estimate of drug-likeness (QED) is 0.523. The van der Waals surface area contributed by atoms with Crippen LogP contribution in [0.25, 0.3) is 0 Å². The third-order valence-electron chi connectivity index (χ3n) is 6.90. The van der Waals surface area contributed by atoms with Crippen molar-refractivity contribution in [2.45, 2.75) is 25.9 Å². The minimum absolute atomic E-state index is 0.104. The number of rotatable bonds is 8. The SMILES string of the molecule is CCOC(=O)C1=C(CN2CCN(C(=O)c3ccco3)C(C)C2)N(C)C(=O)NC1c1ccc(OC)cc1OC. The summed E-state index contributed by atoms with van der Waals surface area (Å²) in [5.74, 6) is 0.686. The lowest BCUT2D eigenvalue weighted by atomic mass is 9.93. The van der Waals surface area contributed by atoms with Crippen LogP contribution in [0.3, 0.4) is 0 Å². The van der Waals surface area contributed by atoms with Crippen LogP contribution in [0.1, 0.15) is 36.0 Å². The minimum atomic E-state index is -0.784. The second-order valence-corrected chi connectivity index (χ2v) is 9.19. The van der Waals surface area contributed by atoms with Gasteiger partial charge in [0, 0.05) is 56.6 Å². The molecular weight excluding hydrogens is 492 g/mol. The summed E-state index contributed by atoms with van der Waals surface area (Å²) >= 11 is 0. The van der Waals surface area contributed by atoms with E-state index in [1.807, 2.05) is 6.92 Å². The van der Waals surface area contributed by atoms with Crippen molar-refractivity contribution >= 4 is 17.9 Å². The number of likely N-dealkylation sites (N-methyl/N-ethyl adjacent to an activating group) is 1. The number of nitrogens with zero attached hydrogens (tertiary/aromatic N) is 3. The van der Waals surface area contributed by atoms with Gasteiger partial charge in [-0.25, -0.2) is 9.59 Å². The van der Waals surface area contributed by atoms with E-state index in [4.69, 9.17) is 18.6 Å². The van der Waals surface area contributed by atoms with E-state index in [-0.39, 0.29) is 24.6 Å². The van der Waals surface area contributed by atoms with Crippen molar-refractivity contribution in [3.8, 4) is 11.5 Å². The van der Waals surface area contributed by atoms with Crippen LogP contribution >= 0.6 is 0 Å². The van der Waals surface area contributed by atoms with Gasteiger partial charge in [0.2, 0.25) is 0 Å². The fraction of sp³-hybridized carbons (Fsp3) is 0.444. The smallest absolute Gasteiger partial charge is 0.338 e. The molecule has 2 aliphatic rings. The van der Waals surface area contributed by atoms with Crippen molar-refractivity contribution in [3.05, 3.63) is 59.2 Å². The van der Waals surface area contributed by atoms with E-state index < -0.39 is 12.0 Å². The van der Waals surface area contributed by atoms with Crippen molar-refractivity contribution < 1.29 is 33.0 Å². The molecule has 1 fully saturated rings. The Kier molecular flexibility index (Phi) is 8.26. The molecule has 0 bridgehead atoms. The summed E-state index contributed by atoms with van der Waals surface area (Å²) in [6.45, 7) is 5.80. The summed E-state index contributed by atoms with van der Waals surface area (Å²) in [4.78, 5) is 44.6. The maximum Gasteiger partial charge on any atom is 0.338 e. The van der Waals surface area contributed by atoms with Gasteiger partial charge in [0.15, 0.2) is 5.76 Å². The summed E-state index contributed by atoms with van der Waals surface area (Å²) in [6, 6.07) is 7.33. The number of benzene rings is 1. The van der Waals surface area contributed by atoms with Gasteiger partial charge in [-0.15, -0.1) is 0 Å². The molecule has 204 valence electrons. The predicted octanol–water partition coefficient (Wildman–Crippen LogP) is 2.66. The highest BCUT2D eigenvalue weighted by atomic mass is 16.5. The third-order valence-corrected chi connectivity index (χ3v) is 6.90. The lowest BCUT2D eigenvalue weighted by molar-refractivity contribution is -0.139. The van der Waals surface area contributed by atoms with E-state index >= 15 is 0 Å². The zero-order chi connectivity index (χ0) is 27.4. The molecule has 2 aromatic rings. The molecular formula is C27H34N4O7. The second kappa shape index (κ2) is 11.6. The molecule has 1 aromatic carbocycles. The van der Waals surface area contributed by atoms with Gasteiger partial charge in [-0.1, -0.05) is 0 Å². The Balaban J connectivity index is 1.66. The van der Waals surface area contributed by atoms with Crippen LogP contribution in [0.4, 0.5) is 4.79 Å². The third kappa shape index (κ3) is 5.33. The predicted molar refractivity (Wildman–Crippen MR) is 138 cm³/mol. The van der Waals surface area contributed by atoms with Crippen molar-refractivity contribution in [1.29, 1.82) is 0 Å². The van der Waals surface area contributed by atoms with E-state index in [9.17, 15) is 14.4 Å². The normalized spacial score (nSPS) is 20.3. The Hall–Kier alpha value is -3.99. The molecule has 1 aromatic heterocycles. The molecule has 2 atom stereocenters. The first kappa shape index (κ1) is 27.1. The number of ether oxygens (including phenoxy) is 3. The molecule has 3 heterocycles. The summed E-state index contributed by atoms with van der Waals surface area (Å²) in [6.07, 6.45) is 1.48. The van der Waals surface area contributed by atoms with Crippen LogP contribution in [-0.4, -0.2) is 92.7 Å². The van der Waals surface area contributed by atoms with Crippen molar-refractivity contribution in [1.82, 2.24) is 20.0 Å². The molecule has 2 aliphatic heterocycles. The molecule has 4 rings (SSSR count). The molecule has 11 nitrogen and oxygen atoms in total. The van der Waals surface area contributed by atoms with Crippen LogP contribution in [0, 0.1) is 0 Å². The molecule has 2 unspecified atom stereocenters. The molecule has 11 heteroatoms. The van der Waals surface area contributed by atoms with E-state index in [0.29, 0.717) is 60.3 Å². The number of carbonyl (C=O) groups is 3. The average molecular weight is 527 g/mol. The summed E-state index contributed by atoms with van der Waals surface area (Å²) < 4.78 is 21.6. The Morgan fingerprint density at radius 3 is 2.58 bits per heavy atom. The van der Waals surface area contributed by atoms with E-state index in [2.05, 4.69) is 10.2 Å². The van der Waals surface area contributed by atoms with Crippen molar-refractivity contribution in [3.63, 3.8) is 0 Å². The first-order valence-corrected chi connectivity index (χ1v) is 12.5. The molecule has 1 saturated heterocycles.